The number of hydrogen-bond acceptors (Lipinski definition) is 2. The summed E-state index contributed by atoms with van der Waals surface area (Å²) in [5.74, 6) is 0. The lowest BCUT2D eigenvalue weighted by Crippen LogP contribution is -2.05. The lowest BCUT2D eigenvalue weighted by atomic mass is 10.0. The Morgan fingerprint density at radius 2 is 1.94 bits per heavy atom. The van der Waals surface area contributed by atoms with Crippen molar-refractivity contribution in [1.82, 2.24) is 4.98 Å². The summed E-state index contributed by atoms with van der Waals surface area (Å²) in [4.78, 5) is 4.72. The molecule has 1 aromatic carbocycles. The van der Waals surface area contributed by atoms with Crippen LogP contribution in [-0.4, -0.2) is 11.5 Å². The van der Waals surface area contributed by atoms with Crippen LogP contribution in [0.5, 0.6) is 0 Å². The van der Waals surface area contributed by atoms with Gasteiger partial charge in [0, 0.05) is 23.3 Å². The molecule has 2 nitrogen and oxygen atoms in total. The average molecular weight is 263 g/mol. The fourth-order valence-electron chi connectivity index (χ4n) is 2.38. The number of benzene rings is 1. The minimum Gasteiger partial charge on any atom is -0.384 e. The van der Waals surface area contributed by atoms with Crippen LogP contribution in [0.1, 0.15) is 30.7 Å². The van der Waals surface area contributed by atoms with Crippen LogP contribution in [0.25, 0.3) is 10.9 Å². The van der Waals surface area contributed by atoms with Crippen molar-refractivity contribution in [2.45, 2.75) is 34.1 Å². The second-order valence-corrected chi connectivity index (χ2v) is 4.94. The maximum Gasteiger partial charge on any atom is 0.0915 e. The predicted molar refractivity (Wildman–Crippen MR) is 79.8 cm³/mol. The fraction of sp³-hybridized carbons (Fsp3) is 0.400. The Bertz CT molecular complexity index is 591. The lowest BCUT2D eigenvalue weighted by Gasteiger charge is -2.17. The molecule has 0 unspecified atom stereocenters. The van der Waals surface area contributed by atoms with E-state index in [9.17, 15) is 0 Å². The molecule has 96 valence electrons. The highest BCUT2D eigenvalue weighted by molar-refractivity contribution is 6.35. The van der Waals surface area contributed by atoms with Crippen molar-refractivity contribution in [1.29, 1.82) is 0 Å². The van der Waals surface area contributed by atoms with E-state index in [1.807, 2.05) is 6.07 Å². The van der Waals surface area contributed by atoms with Crippen molar-refractivity contribution in [2.75, 3.05) is 11.9 Å². The summed E-state index contributed by atoms with van der Waals surface area (Å²) in [6.07, 6.45) is 0.921. The van der Waals surface area contributed by atoms with Crippen LogP contribution in [0.3, 0.4) is 0 Å². The number of pyridine rings is 1. The number of rotatable bonds is 3. The molecule has 0 saturated heterocycles. The van der Waals surface area contributed by atoms with E-state index < -0.39 is 0 Å². The van der Waals surface area contributed by atoms with Gasteiger partial charge < -0.3 is 5.32 Å². The molecule has 0 aliphatic carbocycles. The largest absolute Gasteiger partial charge is 0.384 e. The first-order valence-corrected chi connectivity index (χ1v) is 6.80. The highest BCUT2D eigenvalue weighted by atomic mass is 35.5. The third kappa shape index (κ3) is 2.05. The van der Waals surface area contributed by atoms with E-state index in [0.29, 0.717) is 0 Å². The van der Waals surface area contributed by atoms with Crippen LogP contribution in [0.4, 0.5) is 5.69 Å². The van der Waals surface area contributed by atoms with Gasteiger partial charge in [0.2, 0.25) is 0 Å². The van der Waals surface area contributed by atoms with E-state index in [1.165, 1.54) is 16.8 Å². The van der Waals surface area contributed by atoms with Crippen molar-refractivity contribution in [3.8, 4) is 0 Å². The lowest BCUT2D eigenvalue weighted by molar-refractivity contribution is 1.02. The molecule has 3 heteroatoms. The van der Waals surface area contributed by atoms with E-state index in [4.69, 9.17) is 16.6 Å². The standard InChI is InChI=1S/C15H19ClN2/c1-5-12-10(4)14(17-6-2)13-9(3)7-8-11(16)15(13)18-12/h7-8H,5-6H2,1-4H3,(H,17,18). The first kappa shape index (κ1) is 13.2. The number of hydrogen-bond donors (Lipinski definition) is 1. The molecule has 0 radical (unpaired) electrons. The van der Waals surface area contributed by atoms with Gasteiger partial charge in [-0.25, -0.2) is 0 Å². The molecule has 0 amide bonds. The number of fused-ring (bicyclic) bond motifs is 1. The number of nitrogens with one attached hydrogen (secondary N) is 1. The Balaban J connectivity index is 2.90. The van der Waals surface area contributed by atoms with E-state index in [0.717, 1.165) is 34.6 Å². The number of aromatic nitrogens is 1. The Morgan fingerprint density at radius 3 is 2.56 bits per heavy atom. The van der Waals surface area contributed by atoms with Crippen LogP contribution in [0.15, 0.2) is 12.1 Å². The van der Waals surface area contributed by atoms with E-state index >= 15 is 0 Å². The van der Waals surface area contributed by atoms with Crippen molar-refractivity contribution < 1.29 is 0 Å². The molecule has 0 fully saturated rings. The zero-order valence-electron chi connectivity index (χ0n) is 11.4. The van der Waals surface area contributed by atoms with Gasteiger partial charge in [0.15, 0.2) is 0 Å². The minimum absolute atomic E-state index is 0.726. The summed E-state index contributed by atoms with van der Waals surface area (Å²) < 4.78 is 0. The predicted octanol–water partition coefficient (Wildman–Crippen LogP) is 4.50. The highest BCUT2D eigenvalue weighted by Gasteiger charge is 2.14. The molecule has 0 aliphatic rings. The van der Waals surface area contributed by atoms with Crippen molar-refractivity contribution >= 4 is 28.2 Å². The van der Waals surface area contributed by atoms with Crippen LogP contribution >= 0.6 is 11.6 Å². The monoisotopic (exact) mass is 262 g/mol. The molecular formula is C15H19ClN2. The summed E-state index contributed by atoms with van der Waals surface area (Å²) in [6.45, 7) is 9.36. The molecule has 1 N–H and O–H groups in total. The van der Waals surface area contributed by atoms with Gasteiger partial charge in [-0.05, 0) is 44.4 Å². The molecule has 1 heterocycles. The smallest absolute Gasteiger partial charge is 0.0915 e. The van der Waals surface area contributed by atoms with Crippen LogP contribution in [0, 0.1) is 13.8 Å². The SMILES string of the molecule is CCNc1c(C)c(CC)nc2c(Cl)ccc(C)c12. The van der Waals surface area contributed by atoms with Gasteiger partial charge in [-0.3, -0.25) is 4.98 Å². The van der Waals surface area contributed by atoms with Crippen molar-refractivity contribution in [3.63, 3.8) is 0 Å². The summed E-state index contributed by atoms with van der Waals surface area (Å²) in [5.41, 5.74) is 5.65. The molecule has 0 bridgehead atoms. The van der Waals surface area contributed by atoms with Gasteiger partial charge in [0.05, 0.1) is 10.5 Å². The first-order chi connectivity index (χ1) is 8.60. The summed E-state index contributed by atoms with van der Waals surface area (Å²) in [5, 5.41) is 5.34. The molecule has 0 saturated carbocycles. The quantitative estimate of drug-likeness (QED) is 0.881. The van der Waals surface area contributed by atoms with Crippen molar-refractivity contribution in [2.24, 2.45) is 0 Å². The zero-order valence-corrected chi connectivity index (χ0v) is 12.2. The zero-order chi connectivity index (χ0) is 13.3. The van der Waals surface area contributed by atoms with Gasteiger partial charge >= 0.3 is 0 Å². The second-order valence-electron chi connectivity index (χ2n) is 4.53. The molecule has 0 atom stereocenters. The van der Waals surface area contributed by atoms with E-state index in [-0.39, 0.29) is 0 Å². The van der Waals surface area contributed by atoms with Crippen LogP contribution in [0.2, 0.25) is 5.02 Å². The first-order valence-electron chi connectivity index (χ1n) is 6.42. The van der Waals surface area contributed by atoms with Crippen molar-refractivity contribution in [3.05, 3.63) is 34.0 Å². The highest BCUT2D eigenvalue weighted by Crippen LogP contribution is 2.34. The van der Waals surface area contributed by atoms with Gasteiger partial charge in [0.1, 0.15) is 0 Å². The molecular weight excluding hydrogens is 244 g/mol. The Kier molecular flexibility index (Phi) is 3.76. The van der Waals surface area contributed by atoms with E-state index in [2.05, 4.69) is 39.1 Å². The van der Waals surface area contributed by atoms with Crippen LogP contribution in [-0.2, 0) is 6.42 Å². The van der Waals surface area contributed by atoms with Gasteiger partial charge in [-0.1, -0.05) is 24.6 Å². The average Bonchev–Trinajstić information content (AvgIpc) is 2.36. The fourth-order valence-corrected chi connectivity index (χ4v) is 2.58. The molecule has 2 rings (SSSR count). The maximum absolute atomic E-state index is 6.29. The van der Waals surface area contributed by atoms with Gasteiger partial charge in [-0.15, -0.1) is 0 Å². The molecule has 1 aromatic heterocycles. The molecule has 0 spiro atoms. The number of aryl methyl sites for hydroxylation is 2. The molecule has 18 heavy (non-hydrogen) atoms. The van der Waals surface area contributed by atoms with Crippen LogP contribution < -0.4 is 5.32 Å². The number of anilines is 1. The Hall–Kier alpha value is -1.28. The number of halogens is 1. The Labute approximate surface area is 113 Å². The Morgan fingerprint density at radius 1 is 1.22 bits per heavy atom. The third-order valence-corrected chi connectivity index (χ3v) is 3.64. The van der Waals surface area contributed by atoms with E-state index in [1.54, 1.807) is 0 Å². The topological polar surface area (TPSA) is 24.9 Å². The summed E-state index contributed by atoms with van der Waals surface area (Å²) >= 11 is 6.29. The minimum atomic E-state index is 0.726. The third-order valence-electron chi connectivity index (χ3n) is 3.33. The number of nitrogens with zero attached hydrogens (tertiary/aromatic N) is 1. The maximum atomic E-state index is 6.29. The molecule has 2 aromatic rings. The van der Waals surface area contributed by atoms with Gasteiger partial charge in [0.25, 0.3) is 0 Å². The summed E-state index contributed by atoms with van der Waals surface area (Å²) in [7, 11) is 0. The normalized spacial score (nSPS) is 10.9. The second kappa shape index (κ2) is 5.15. The molecule has 0 aliphatic heterocycles. The summed E-state index contributed by atoms with van der Waals surface area (Å²) in [6, 6.07) is 3.98. The van der Waals surface area contributed by atoms with Gasteiger partial charge in [-0.2, -0.15) is 0 Å².